The maximum Gasteiger partial charge on any atom is 0.244 e. The highest BCUT2D eigenvalue weighted by molar-refractivity contribution is 6.01. The van der Waals surface area contributed by atoms with Crippen molar-refractivity contribution in [3.63, 3.8) is 0 Å². The Bertz CT molecular complexity index is 671. The zero-order valence-corrected chi connectivity index (χ0v) is 14.5. The lowest BCUT2D eigenvalue weighted by Gasteiger charge is -2.28. The smallest absolute Gasteiger partial charge is 0.244 e. The van der Waals surface area contributed by atoms with Crippen LogP contribution >= 0.6 is 0 Å². The zero-order valence-electron chi connectivity index (χ0n) is 14.5. The van der Waals surface area contributed by atoms with Gasteiger partial charge >= 0.3 is 0 Å². The second kappa shape index (κ2) is 7.44. The van der Waals surface area contributed by atoms with Gasteiger partial charge in [-0.05, 0) is 29.7 Å². The summed E-state index contributed by atoms with van der Waals surface area (Å²) in [5.41, 5.74) is 3.28. The van der Waals surface area contributed by atoms with Crippen LogP contribution in [0.4, 0.5) is 8.78 Å². The molecule has 6 heteroatoms. The normalized spacial score (nSPS) is 28.7. The summed E-state index contributed by atoms with van der Waals surface area (Å²) in [6.45, 7) is 12.3. The summed E-state index contributed by atoms with van der Waals surface area (Å²) < 4.78 is 25.2. The predicted octanol–water partition coefficient (Wildman–Crippen LogP) is 3.17. The minimum absolute atomic E-state index is 0.0399. The number of nitrogens with zero attached hydrogens (tertiary/aromatic N) is 3. The maximum absolute atomic E-state index is 12.6. The minimum Gasteiger partial charge on any atom is -0.307 e. The van der Waals surface area contributed by atoms with Crippen LogP contribution in [0.3, 0.4) is 0 Å². The Morgan fingerprint density at radius 3 is 2.84 bits per heavy atom. The third-order valence-electron chi connectivity index (χ3n) is 4.66. The molecule has 25 heavy (non-hydrogen) atoms. The molecule has 3 unspecified atom stereocenters. The first-order valence-corrected chi connectivity index (χ1v) is 8.57. The van der Waals surface area contributed by atoms with E-state index >= 15 is 0 Å². The number of halogens is 2. The molecule has 1 fully saturated rings. The number of hydrogen-bond donors (Lipinski definition) is 1. The topological polar surface area (TPSA) is 49.9 Å². The molecule has 1 saturated heterocycles. The first-order valence-electron chi connectivity index (χ1n) is 8.57. The fraction of sp³-hybridized carbons (Fsp3) is 0.474. The Morgan fingerprint density at radius 1 is 1.40 bits per heavy atom. The van der Waals surface area contributed by atoms with E-state index in [2.05, 4.69) is 30.4 Å². The van der Waals surface area contributed by atoms with Gasteiger partial charge in [-0.2, -0.15) is 5.10 Å². The average molecular weight is 346 g/mol. The summed E-state index contributed by atoms with van der Waals surface area (Å²) in [7, 11) is 0. The van der Waals surface area contributed by atoms with Crippen molar-refractivity contribution >= 4 is 11.4 Å². The van der Waals surface area contributed by atoms with Gasteiger partial charge < -0.3 is 5.32 Å². The fourth-order valence-electron chi connectivity index (χ4n) is 2.98. The van der Waals surface area contributed by atoms with E-state index in [0.717, 1.165) is 23.5 Å². The highest BCUT2D eigenvalue weighted by Crippen LogP contribution is 2.25. The molecular formula is C19H24F2N4. The molecule has 0 saturated carbocycles. The standard InChI is InChI=1S/C19H24F2N4/c1-12-9-22-15(8-19(20)21)5-6-16(12)17-7-4-14(3)25(24-17)11-13(2)18-10-23-18/h4-7,12,16,18-19,23H,2-3,8-11H2,1H3. The van der Waals surface area contributed by atoms with E-state index in [1.54, 1.807) is 6.08 Å². The molecule has 0 spiro atoms. The Morgan fingerprint density at radius 2 is 2.16 bits per heavy atom. The molecule has 0 bridgehead atoms. The molecule has 1 N–H and O–H groups in total. The number of aliphatic imine (C=N–C) groups is 1. The number of alkyl halides is 2. The van der Waals surface area contributed by atoms with E-state index < -0.39 is 6.43 Å². The Balaban J connectivity index is 1.73. The summed E-state index contributed by atoms with van der Waals surface area (Å²) in [6.07, 6.45) is 4.91. The molecule has 134 valence electrons. The van der Waals surface area contributed by atoms with Crippen molar-refractivity contribution in [3.05, 3.63) is 48.7 Å². The van der Waals surface area contributed by atoms with E-state index in [1.165, 1.54) is 0 Å². The van der Waals surface area contributed by atoms with Gasteiger partial charge in [0.2, 0.25) is 6.43 Å². The van der Waals surface area contributed by atoms with Crippen molar-refractivity contribution in [1.29, 1.82) is 0 Å². The van der Waals surface area contributed by atoms with Crippen molar-refractivity contribution in [2.45, 2.75) is 25.8 Å². The van der Waals surface area contributed by atoms with Gasteiger partial charge in [-0.15, -0.1) is 0 Å². The second-order valence-corrected chi connectivity index (χ2v) is 6.82. The third kappa shape index (κ3) is 4.51. The second-order valence-electron chi connectivity index (χ2n) is 6.82. The maximum atomic E-state index is 12.6. The van der Waals surface area contributed by atoms with Crippen LogP contribution in [0, 0.1) is 11.8 Å². The molecule has 4 nitrogen and oxygen atoms in total. The highest BCUT2D eigenvalue weighted by atomic mass is 19.3. The first kappa shape index (κ1) is 17.7. The van der Waals surface area contributed by atoms with Crippen LogP contribution in [-0.2, 0) is 0 Å². The average Bonchev–Trinajstić information content (AvgIpc) is 3.39. The van der Waals surface area contributed by atoms with Crippen molar-refractivity contribution < 1.29 is 8.78 Å². The van der Waals surface area contributed by atoms with E-state index in [1.807, 2.05) is 23.2 Å². The lowest BCUT2D eigenvalue weighted by atomic mass is 9.88. The Labute approximate surface area is 147 Å². The largest absolute Gasteiger partial charge is 0.307 e. The van der Waals surface area contributed by atoms with Crippen LogP contribution in [0.5, 0.6) is 0 Å². The Kier molecular flexibility index (Phi) is 5.27. The number of rotatable bonds is 6. The van der Waals surface area contributed by atoms with Crippen molar-refractivity contribution in [2.75, 3.05) is 19.6 Å². The van der Waals surface area contributed by atoms with Crippen LogP contribution in [0.2, 0.25) is 0 Å². The zero-order chi connectivity index (χ0) is 18.0. The number of nitrogens with one attached hydrogen (secondary N) is 1. The number of hydrogen-bond acceptors (Lipinski definition) is 4. The summed E-state index contributed by atoms with van der Waals surface area (Å²) in [5, 5.41) is 9.84. The molecule has 3 atom stereocenters. The minimum atomic E-state index is -2.37. The summed E-state index contributed by atoms with van der Waals surface area (Å²) in [6, 6.07) is 0.374. The van der Waals surface area contributed by atoms with Gasteiger partial charge in [-0.1, -0.05) is 26.2 Å². The summed E-state index contributed by atoms with van der Waals surface area (Å²) in [4.78, 5) is 4.32. The van der Waals surface area contributed by atoms with Crippen LogP contribution in [0.25, 0.3) is 0 Å². The van der Waals surface area contributed by atoms with Gasteiger partial charge in [0.15, 0.2) is 0 Å². The third-order valence-corrected chi connectivity index (χ3v) is 4.66. The molecule has 0 radical (unpaired) electrons. The summed E-state index contributed by atoms with van der Waals surface area (Å²) in [5.74, 6) is 0.231. The quantitative estimate of drug-likeness (QED) is 0.593. The van der Waals surface area contributed by atoms with Crippen LogP contribution in [-0.4, -0.2) is 48.5 Å². The van der Waals surface area contributed by atoms with Crippen LogP contribution < -0.4 is 5.32 Å². The molecule has 0 amide bonds. The van der Waals surface area contributed by atoms with Crippen LogP contribution in [0.15, 0.2) is 58.8 Å². The van der Waals surface area contributed by atoms with Gasteiger partial charge in [0.25, 0.3) is 0 Å². The molecule has 0 aromatic heterocycles. The monoisotopic (exact) mass is 346 g/mol. The highest BCUT2D eigenvalue weighted by Gasteiger charge is 2.27. The van der Waals surface area contributed by atoms with E-state index in [-0.39, 0.29) is 18.3 Å². The first-order chi connectivity index (χ1) is 11.9. The predicted molar refractivity (Wildman–Crippen MR) is 98.1 cm³/mol. The summed E-state index contributed by atoms with van der Waals surface area (Å²) >= 11 is 0. The van der Waals surface area contributed by atoms with E-state index in [4.69, 9.17) is 5.10 Å². The lowest BCUT2D eigenvalue weighted by molar-refractivity contribution is 0.157. The van der Waals surface area contributed by atoms with Crippen molar-refractivity contribution in [2.24, 2.45) is 21.9 Å². The van der Waals surface area contributed by atoms with Gasteiger partial charge in [0.05, 0.1) is 24.4 Å². The molecule has 3 aliphatic rings. The van der Waals surface area contributed by atoms with E-state index in [0.29, 0.717) is 24.8 Å². The molecule has 0 aromatic carbocycles. The van der Waals surface area contributed by atoms with Gasteiger partial charge in [-0.25, -0.2) is 8.78 Å². The van der Waals surface area contributed by atoms with Crippen LogP contribution in [0.1, 0.15) is 13.3 Å². The van der Waals surface area contributed by atoms with Gasteiger partial charge in [0, 0.05) is 30.8 Å². The fourth-order valence-corrected chi connectivity index (χ4v) is 2.98. The van der Waals surface area contributed by atoms with E-state index in [9.17, 15) is 8.78 Å². The number of allylic oxidation sites excluding steroid dienone is 4. The van der Waals surface area contributed by atoms with Crippen molar-refractivity contribution in [1.82, 2.24) is 10.3 Å². The lowest BCUT2D eigenvalue weighted by Crippen LogP contribution is -2.29. The molecule has 0 aliphatic carbocycles. The van der Waals surface area contributed by atoms with Gasteiger partial charge in [0.1, 0.15) is 0 Å². The van der Waals surface area contributed by atoms with Gasteiger partial charge in [-0.3, -0.25) is 10.0 Å². The number of hydrazone groups is 1. The molecule has 0 aromatic rings. The van der Waals surface area contributed by atoms with Crippen molar-refractivity contribution in [3.8, 4) is 0 Å². The molecule has 3 aliphatic heterocycles. The molecular weight excluding hydrogens is 322 g/mol. The Hall–Kier alpha value is -2.08. The SMILES string of the molecule is C=C(CN1N=C(C2C=CC(CC(F)F)=NCC2C)C=CC1=C)C1CN1. The molecule has 3 rings (SSSR count). The molecule has 3 heterocycles.